The molecule has 1 saturated heterocycles. The molecule has 3 rings (SSSR count). The van der Waals surface area contributed by atoms with Crippen LogP contribution >= 0.6 is 0 Å². The molecule has 2 unspecified atom stereocenters. The van der Waals surface area contributed by atoms with Crippen molar-refractivity contribution in [1.82, 2.24) is 19.9 Å². The van der Waals surface area contributed by atoms with Gasteiger partial charge in [0.15, 0.2) is 0 Å². The molecule has 0 spiro atoms. The highest BCUT2D eigenvalue weighted by Crippen LogP contribution is 2.25. The van der Waals surface area contributed by atoms with Crippen molar-refractivity contribution in [2.45, 2.75) is 51.7 Å². The van der Waals surface area contributed by atoms with E-state index in [1.54, 1.807) is 0 Å². The summed E-state index contributed by atoms with van der Waals surface area (Å²) in [6.07, 6.45) is 9.14. The van der Waals surface area contributed by atoms with E-state index in [-0.39, 0.29) is 11.7 Å². The molecular weight excluding hydrogens is 292 g/mol. The summed E-state index contributed by atoms with van der Waals surface area (Å²) in [5.74, 6) is 0.369. The third-order valence-corrected chi connectivity index (χ3v) is 4.85. The van der Waals surface area contributed by atoms with Crippen LogP contribution in [0.1, 0.15) is 44.6 Å². The van der Waals surface area contributed by atoms with Crippen molar-refractivity contribution in [3.63, 3.8) is 0 Å². The number of aromatic amines is 2. The fourth-order valence-corrected chi connectivity index (χ4v) is 3.55. The first-order valence-electron chi connectivity index (χ1n) is 8.63. The van der Waals surface area contributed by atoms with Crippen LogP contribution in [-0.4, -0.2) is 44.2 Å². The summed E-state index contributed by atoms with van der Waals surface area (Å²) >= 11 is 0. The Kier molecular flexibility index (Phi) is 5.13. The molecule has 2 aromatic heterocycles. The fraction of sp³-hybridized carbons (Fsp3) is 0.647. The molecule has 1 aliphatic heterocycles. The molecule has 0 amide bonds. The molecule has 0 radical (unpaired) electrons. The zero-order chi connectivity index (χ0) is 16.2. The van der Waals surface area contributed by atoms with Gasteiger partial charge in [-0.3, -0.25) is 9.69 Å². The maximum Gasteiger partial charge on any atom is 0.275 e. The fourth-order valence-electron chi connectivity index (χ4n) is 3.55. The molecule has 0 saturated carbocycles. The molecule has 0 bridgehead atoms. The Morgan fingerprint density at radius 3 is 3.00 bits per heavy atom. The number of likely N-dealkylation sites (tertiary alicyclic amines) is 1. The van der Waals surface area contributed by atoms with Crippen molar-refractivity contribution in [3.8, 4) is 0 Å². The van der Waals surface area contributed by atoms with Crippen LogP contribution in [0.3, 0.4) is 0 Å². The Balaban J connectivity index is 1.60. The number of unbranched alkanes of at least 4 members (excludes halogenated alkanes) is 3. The number of hydrogen-bond acceptors (Lipinski definition) is 4. The molecule has 0 aliphatic carbocycles. The van der Waals surface area contributed by atoms with Crippen molar-refractivity contribution in [2.24, 2.45) is 5.92 Å². The topological polar surface area (TPSA) is 85.0 Å². The van der Waals surface area contributed by atoms with E-state index >= 15 is 0 Å². The summed E-state index contributed by atoms with van der Waals surface area (Å²) in [7, 11) is 0. The van der Waals surface area contributed by atoms with Gasteiger partial charge < -0.3 is 15.1 Å². The summed E-state index contributed by atoms with van der Waals surface area (Å²) in [5, 5.41) is 10.3. The second-order valence-corrected chi connectivity index (χ2v) is 6.64. The summed E-state index contributed by atoms with van der Waals surface area (Å²) in [4.78, 5) is 23.8. The van der Waals surface area contributed by atoms with Gasteiger partial charge in [0.1, 0.15) is 5.52 Å². The number of fused-ring (bicyclic) bond motifs is 1. The smallest absolute Gasteiger partial charge is 0.275 e. The maximum absolute atomic E-state index is 11.7. The van der Waals surface area contributed by atoms with Gasteiger partial charge in [-0.05, 0) is 12.3 Å². The summed E-state index contributed by atoms with van der Waals surface area (Å²) in [6.45, 7) is 4.56. The van der Waals surface area contributed by atoms with E-state index < -0.39 is 0 Å². The van der Waals surface area contributed by atoms with Crippen LogP contribution < -0.4 is 5.56 Å². The number of aliphatic hydroxyl groups is 1. The van der Waals surface area contributed by atoms with Crippen LogP contribution in [0.2, 0.25) is 0 Å². The van der Waals surface area contributed by atoms with Gasteiger partial charge >= 0.3 is 0 Å². The van der Waals surface area contributed by atoms with Crippen molar-refractivity contribution in [1.29, 1.82) is 0 Å². The molecule has 1 fully saturated rings. The number of β-amino-alcohol motifs (C(OH)–C–C–N with tert-alkyl or cyclic N) is 1. The van der Waals surface area contributed by atoms with Crippen LogP contribution in [0.15, 0.2) is 17.3 Å². The molecule has 6 heteroatoms. The number of hydrogen-bond donors (Lipinski definition) is 3. The Bertz CT molecular complexity index is 693. The monoisotopic (exact) mass is 318 g/mol. The lowest BCUT2D eigenvalue weighted by Crippen LogP contribution is -2.21. The Morgan fingerprint density at radius 2 is 2.17 bits per heavy atom. The molecule has 6 nitrogen and oxygen atoms in total. The lowest BCUT2D eigenvalue weighted by molar-refractivity contribution is 0.136. The predicted octanol–water partition coefficient (Wildman–Crippen LogP) is 2.01. The molecular formula is C17H26N4O2. The van der Waals surface area contributed by atoms with Crippen LogP contribution in [-0.2, 0) is 6.54 Å². The van der Waals surface area contributed by atoms with Crippen LogP contribution in [0.4, 0.5) is 0 Å². The predicted molar refractivity (Wildman–Crippen MR) is 90.2 cm³/mol. The number of nitrogens with one attached hydrogen (secondary N) is 2. The van der Waals surface area contributed by atoms with Gasteiger partial charge in [-0.25, -0.2) is 4.98 Å². The maximum atomic E-state index is 11.7. The van der Waals surface area contributed by atoms with E-state index in [2.05, 4.69) is 26.8 Å². The first-order valence-corrected chi connectivity index (χ1v) is 8.63. The van der Waals surface area contributed by atoms with E-state index in [1.165, 1.54) is 32.0 Å². The largest absolute Gasteiger partial charge is 0.391 e. The number of aromatic nitrogens is 3. The second-order valence-electron chi connectivity index (χ2n) is 6.64. The van der Waals surface area contributed by atoms with E-state index in [0.717, 1.165) is 30.6 Å². The van der Waals surface area contributed by atoms with Crippen molar-refractivity contribution >= 4 is 11.0 Å². The van der Waals surface area contributed by atoms with E-state index in [1.807, 2.05) is 6.20 Å². The van der Waals surface area contributed by atoms with Gasteiger partial charge in [0.25, 0.3) is 5.56 Å². The van der Waals surface area contributed by atoms with Crippen molar-refractivity contribution in [3.05, 3.63) is 28.4 Å². The SMILES string of the molecule is CCCCCCC1CN(Cc2c[nH]c3c(=O)[nH]cnc23)CC1O. The van der Waals surface area contributed by atoms with Gasteiger partial charge in [-0.15, -0.1) is 0 Å². The average molecular weight is 318 g/mol. The van der Waals surface area contributed by atoms with E-state index in [0.29, 0.717) is 18.0 Å². The molecule has 3 N–H and O–H groups in total. The number of aliphatic hydroxyl groups excluding tert-OH is 1. The lowest BCUT2D eigenvalue weighted by Gasteiger charge is -2.15. The Hall–Kier alpha value is -1.66. The second kappa shape index (κ2) is 7.27. The molecule has 3 heterocycles. The number of nitrogens with zero attached hydrogens (tertiary/aromatic N) is 2. The number of H-pyrrole nitrogens is 2. The number of rotatable bonds is 7. The molecule has 1 aliphatic rings. The summed E-state index contributed by atoms with van der Waals surface area (Å²) < 4.78 is 0. The quantitative estimate of drug-likeness (QED) is 0.682. The van der Waals surface area contributed by atoms with E-state index in [9.17, 15) is 9.90 Å². The molecule has 23 heavy (non-hydrogen) atoms. The van der Waals surface area contributed by atoms with Crippen molar-refractivity contribution in [2.75, 3.05) is 13.1 Å². The van der Waals surface area contributed by atoms with Gasteiger partial charge in [0, 0.05) is 31.4 Å². The zero-order valence-electron chi connectivity index (χ0n) is 13.7. The highest BCUT2D eigenvalue weighted by atomic mass is 16.3. The van der Waals surface area contributed by atoms with Crippen LogP contribution in [0, 0.1) is 5.92 Å². The van der Waals surface area contributed by atoms with Gasteiger partial charge in [0.05, 0.1) is 17.9 Å². The molecule has 126 valence electrons. The molecule has 2 aromatic rings. The van der Waals surface area contributed by atoms with Crippen LogP contribution in [0.5, 0.6) is 0 Å². The van der Waals surface area contributed by atoms with E-state index in [4.69, 9.17) is 0 Å². The van der Waals surface area contributed by atoms with Crippen molar-refractivity contribution < 1.29 is 5.11 Å². The Morgan fingerprint density at radius 1 is 1.30 bits per heavy atom. The summed E-state index contributed by atoms with van der Waals surface area (Å²) in [5.41, 5.74) is 2.13. The highest BCUT2D eigenvalue weighted by molar-refractivity contribution is 5.77. The van der Waals surface area contributed by atoms with Gasteiger partial charge in [0.2, 0.25) is 0 Å². The standard InChI is InChI=1S/C17H26N4O2/c1-2-3-4-5-6-12-8-21(10-14(12)22)9-13-7-18-16-15(13)19-11-20-17(16)23/h7,11-12,14,18,22H,2-6,8-10H2,1H3,(H,19,20,23). The minimum atomic E-state index is -0.238. The van der Waals surface area contributed by atoms with Gasteiger partial charge in [-0.2, -0.15) is 0 Å². The Labute approximate surface area is 135 Å². The van der Waals surface area contributed by atoms with Gasteiger partial charge in [-0.1, -0.05) is 32.6 Å². The third-order valence-electron chi connectivity index (χ3n) is 4.85. The lowest BCUT2D eigenvalue weighted by atomic mass is 9.98. The first kappa shape index (κ1) is 16.2. The summed E-state index contributed by atoms with van der Waals surface area (Å²) in [6, 6.07) is 0. The first-order chi connectivity index (χ1) is 11.2. The minimum absolute atomic E-state index is 0.142. The molecule has 0 aromatic carbocycles. The molecule has 2 atom stereocenters. The third kappa shape index (κ3) is 3.64. The average Bonchev–Trinajstić information content (AvgIpc) is 3.09. The minimum Gasteiger partial charge on any atom is -0.391 e. The normalized spacial score (nSPS) is 22.2. The van der Waals surface area contributed by atoms with Crippen LogP contribution in [0.25, 0.3) is 11.0 Å². The highest BCUT2D eigenvalue weighted by Gasteiger charge is 2.31. The zero-order valence-corrected chi connectivity index (χ0v) is 13.7.